The van der Waals surface area contributed by atoms with Crippen LogP contribution in [0, 0.1) is 0 Å². The number of carbonyl (C=O) groups is 2. The molecule has 3 rings (SSSR count). The highest BCUT2D eigenvalue weighted by molar-refractivity contribution is 7.98. The maximum absolute atomic E-state index is 12.5. The Hall–Kier alpha value is -2.76. The first-order chi connectivity index (χ1) is 14.5. The van der Waals surface area contributed by atoms with Crippen molar-refractivity contribution in [3.63, 3.8) is 0 Å². The van der Waals surface area contributed by atoms with Crippen LogP contribution < -0.4 is 10.6 Å². The van der Waals surface area contributed by atoms with Crippen molar-refractivity contribution in [1.29, 1.82) is 0 Å². The van der Waals surface area contributed by atoms with Gasteiger partial charge in [-0.05, 0) is 59.3 Å². The summed E-state index contributed by atoms with van der Waals surface area (Å²) >= 11 is 7.63. The van der Waals surface area contributed by atoms with Crippen molar-refractivity contribution in [3.8, 4) is 11.1 Å². The van der Waals surface area contributed by atoms with E-state index in [1.54, 1.807) is 30.0 Å². The minimum absolute atomic E-state index is 0.109. The van der Waals surface area contributed by atoms with Gasteiger partial charge in [0.25, 0.3) is 5.91 Å². The molecule has 4 nitrogen and oxygen atoms in total. The molecule has 0 aliphatic carbocycles. The lowest BCUT2D eigenvalue weighted by molar-refractivity contribution is -0.120. The van der Waals surface area contributed by atoms with E-state index in [9.17, 15) is 9.59 Å². The second-order valence-electron chi connectivity index (χ2n) is 6.72. The predicted octanol–water partition coefficient (Wildman–Crippen LogP) is 4.82. The maximum atomic E-state index is 12.5. The molecule has 0 saturated carbocycles. The van der Waals surface area contributed by atoms with E-state index in [0.29, 0.717) is 23.7 Å². The normalized spacial score (nSPS) is 10.5. The van der Waals surface area contributed by atoms with Gasteiger partial charge in [-0.25, -0.2) is 0 Å². The number of hydrogen-bond donors (Lipinski definition) is 2. The molecule has 30 heavy (non-hydrogen) atoms. The first-order valence-corrected chi connectivity index (χ1v) is 11.2. The zero-order chi connectivity index (χ0) is 21.3. The van der Waals surface area contributed by atoms with Crippen molar-refractivity contribution in [3.05, 3.63) is 88.9 Å². The van der Waals surface area contributed by atoms with E-state index in [0.717, 1.165) is 16.7 Å². The zero-order valence-corrected chi connectivity index (χ0v) is 18.2. The lowest BCUT2D eigenvalue weighted by Gasteiger charge is -2.09. The van der Waals surface area contributed by atoms with E-state index < -0.39 is 0 Å². The molecule has 2 N–H and O–H groups in total. The summed E-state index contributed by atoms with van der Waals surface area (Å²) in [6, 6.07) is 23.0. The van der Waals surface area contributed by atoms with E-state index in [-0.39, 0.29) is 18.2 Å². The molecule has 0 spiro atoms. The Bertz CT molecular complexity index is 1020. The highest BCUT2D eigenvalue weighted by Gasteiger charge is 2.08. The topological polar surface area (TPSA) is 58.2 Å². The van der Waals surface area contributed by atoms with Crippen molar-refractivity contribution >= 4 is 35.2 Å². The average Bonchev–Trinajstić information content (AvgIpc) is 2.77. The Balaban J connectivity index is 1.48. The van der Waals surface area contributed by atoms with Gasteiger partial charge in [-0.15, -0.1) is 11.8 Å². The van der Waals surface area contributed by atoms with Gasteiger partial charge in [-0.2, -0.15) is 0 Å². The SMILES string of the molecule is CSc1ccc(-c2cccc(C(=O)NCCNC(=O)Cc3cccc(Cl)c3)c2)cc1. The molecular formula is C24H23ClN2O2S. The molecular weight excluding hydrogens is 416 g/mol. The molecule has 0 aliphatic rings. The van der Waals surface area contributed by atoms with Crippen LogP contribution in [0.3, 0.4) is 0 Å². The number of benzene rings is 3. The number of thioether (sulfide) groups is 1. The summed E-state index contributed by atoms with van der Waals surface area (Å²) in [6.45, 7) is 0.716. The summed E-state index contributed by atoms with van der Waals surface area (Å²) in [4.78, 5) is 25.7. The predicted molar refractivity (Wildman–Crippen MR) is 124 cm³/mol. The van der Waals surface area contributed by atoms with Gasteiger partial charge in [-0.1, -0.05) is 48.0 Å². The van der Waals surface area contributed by atoms with Crippen LogP contribution >= 0.6 is 23.4 Å². The molecule has 0 aromatic heterocycles. The van der Waals surface area contributed by atoms with Crippen LogP contribution in [-0.4, -0.2) is 31.2 Å². The summed E-state index contributed by atoms with van der Waals surface area (Å²) in [5.74, 6) is -0.274. The summed E-state index contributed by atoms with van der Waals surface area (Å²) in [5, 5.41) is 6.26. The largest absolute Gasteiger partial charge is 0.354 e. The third-order valence-corrected chi connectivity index (χ3v) is 5.51. The second-order valence-corrected chi connectivity index (χ2v) is 8.04. The quantitative estimate of drug-likeness (QED) is 0.391. The molecule has 6 heteroatoms. The molecule has 0 unspecified atom stereocenters. The minimum atomic E-state index is -0.165. The third kappa shape index (κ3) is 6.37. The molecule has 3 aromatic carbocycles. The van der Waals surface area contributed by atoms with E-state index >= 15 is 0 Å². The summed E-state index contributed by atoms with van der Waals surface area (Å²) in [6.07, 6.45) is 2.30. The number of rotatable bonds is 8. The van der Waals surface area contributed by atoms with E-state index in [1.165, 1.54) is 4.90 Å². The van der Waals surface area contributed by atoms with Gasteiger partial charge in [0, 0.05) is 28.6 Å². The number of halogens is 1. The van der Waals surface area contributed by atoms with Crippen molar-refractivity contribution < 1.29 is 9.59 Å². The molecule has 0 saturated heterocycles. The third-order valence-electron chi connectivity index (χ3n) is 4.53. The van der Waals surface area contributed by atoms with Crippen LogP contribution in [0.5, 0.6) is 0 Å². The smallest absolute Gasteiger partial charge is 0.251 e. The Labute approximate surface area is 186 Å². The van der Waals surface area contributed by atoms with Crippen molar-refractivity contribution in [2.75, 3.05) is 19.3 Å². The molecule has 2 amide bonds. The van der Waals surface area contributed by atoms with Gasteiger partial charge in [0.15, 0.2) is 0 Å². The maximum Gasteiger partial charge on any atom is 0.251 e. The van der Waals surface area contributed by atoms with Crippen molar-refractivity contribution in [1.82, 2.24) is 10.6 Å². The molecule has 0 radical (unpaired) electrons. The van der Waals surface area contributed by atoms with Gasteiger partial charge in [0.1, 0.15) is 0 Å². The summed E-state index contributed by atoms with van der Waals surface area (Å²) in [7, 11) is 0. The van der Waals surface area contributed by atoms with Crippen LogP contribution in [0.2, 0.25) is 5.02 Å². The summed E-state index contributed by atoms with van der Waals surface area (Å²) < 4.78 is 0. The molecule has 0 atom stereocenters. The van der Waals surface area contributed by atoms with Crippen LogP contribution in [0.25, 0.3) is 11.1 Å². The van der Waals surface area contributed by atoms with Gasteiger partial charge in [0.05, 0.1) is 6.42 Å². The lowest BCUT2D eigenvalue weighted by Crippen LogP contribution is -2.35. The fraction of sp³-hybridized carbons (Fsp3) is 0.167. The van der Waals surface area contributed by atoms with Gasteiger partial charge in [-0.3, -0.25) is 9.59 Å². The van der Waals surface area contributed by atoms with Crippen LogP contribution in [0.15, 0.2) is 77.7 Å². The van der Waals surface area contributed by atoms with Crippen molar-refractivity contribution in [2.24, 2.45) is 0 Å². The second kappa shape index (κ2) is 10.9. The lowest BCUT2D eigenvalue weighted by atomic mass is 10.0. The fourth-order valence-corrected chi connectivity index (χ4v) is 3.62. The monoisotopic (exact) mass is 438 g/mol. The Morgan fingerprint density at radius 2 is 1.60 bits per heavy atom. The van der Waals surface area contributed by atoms with Gasteiger partial charge >= 0.3 is 0 Å². The fourth-order valence-electron chi connectivity index (χ4n) is 3.00. The Morgan fingerprint density at radius 1 is 0.867 bits per heavy atom. The number of nitrogens with one attached hydrogen (secondary N) is 2. The first kappa shape index (κ1) is 21.9. The molecule has 0 bridgehead atoms. The van der Waals surface area contributed by atoms with E-state index in [1.807, 2.05) is 36.6 Å². The Morgan fingerprint density at radius 3 is 2.33 bits per heavy atom. The minimum Gasteiger partial charge on any atom is -0.354 e. The van der Waals surface area contributed by atoms with E-state index in [4.69, 9.17) is 11.6 Å². The summed E-state index contributed by atoms with van der Waals surface area (Å²) in [5.41, 5.74) is 3.50. The van der Waals surface area contributed by atoms with Crippen LogP contribution in [-0.2, 0) is 11.2 Å². The van der Waals surface area contributed by atoms with Crippen LogP contribution in [0.1, 0.15) is 15.9 Å². The van der Waals surface area contributed by atoms with E-state index in [2.05, 4.69) is 34.9 Å². The number of carbonyl (C=O) groups excluding carboxylic acids is 2. The number of hydrogen-bond acceptors (Lipinski definition) is 3. The molecule has 0 fully saturated rings. The molecule has 0 heterocycles. The zero-order valence-electron chi connectivity index (χ0n) is 16.7. The molecule has 154 valence electrons. The van der Waals surface area contributed by atoms with Gasteiger partial charge < -0.3 is 10.6 Å². The molecule has 0 aliphatic heterocycles. The molecule has 3 aromatic rings. The average molecular weight is 439 g/mol. The first-order valence-electron chi connectivity index (χ1n) is 9.59. The van der Waals surface area contributed by atoms with Crippen LogP contribution in [0.4, 0.5) is 0 Å². The van der Waals surface area contributed by atoms with Crippen molar-refractivity contribution in [2.45, 2.75) is 11.3 Å². The highest BCUT2D eigenvalue weighted by Crippen LogP contribution is 2.23. The standard InChI is InChI=1S/C24H23ClN2O2S/c1-30-22-10-8-18(9-11-22)19-5-3-6-20(16-19)24(29)27-13-12-26-23(28)15-17-4-2-7-21(25)14-17/h2-11,14,16H,12-13,15H2,1H3,(H,26,28)(H,27,29). The Kier molecular flexibility index (Phi) is 7.94. The highest BCUT2D eigenvalue weighted by atomic mass is 35.5. The number of amides is 2. The van der Waals surface area contributed by atoms with Gasteiger partial charge in [0.2, 0.25) is 5.91 Å².